The van der Waals surface area contributed by atoms with Gasteiger partial charge in [0.05, 0.1) is 23.9 Å². The maximum absolute atomic E-state index is 12.0. The second-order valence-corrected chi connectivity index (χ2v) is 5.87. The molecule has 7 nitrogen and oxygen atoms in total. The average molecular weight is 350 g/mol. The standard InChI is InChI=1S/C16H18N2O5S/c1-3-22-15(20)14-10(2)17-16(21)18-12(14)9-23-13(19)7-6-11-5-4-8-24-11/h4-8,10H,3,9H2,1-2H3,(H2,17,18,21). The first-order valence-corrected chi connectivity index (χ1v) is 8.25. The monoisotopic (exact) mass is 350 g/mol. The normalized spacial score (nSPS) is 17.4. The fourth-order valence-electron chi connectivity index (χ4n) is 2.12. The minimum absolute atomic E-state index is 0.208. The molecule has 2 heterocycles. The van der Waals surface area contributed by atoms with E-state index in [9.17, 15) is 14.4 Å². The fourth-order valence-corrected chi connectivity index (χ4v) is 2.74. The summed E-state index contributed by atoms with van der Waals surface area (Å²) in [5, 5.41) is 6.96. The van der Waals surface area contributed by atoms with Gasteiger partial charge in [0, 0.05) is 11.0 Å². The number of urea groups is 1. The lowest BCUT2D eigenvalue weighted by Crippen LogP contribution is -2.50. The van der Waals surface area contributed by atoms with E-state index in [0.717, 1.165) is 4.88 Å². The summed E-state index contributed by atoms with van der Waals surface area (Å²) >= 11 is 1.49. The number of carbonyl (C=O) groups is 3. The summed E-state index contributed by atoms with van der Waals surface area (Å²) in [4.78, 5) is 36.3. The largest absolute Gasteiger partial charge is 0.463 e. The van der Waals surface area contributed by atoms with Crippen molar-refractivity contribution in [2.24, 2.45) is 0 Å². The molecule has 128 valence electrons. The Kier molecular flexibility index (Phi) is 6.14. The second-order valence-electron chi connectivity index (χ2n) is 4.89. The summed E-state index contributed by atoms with van der Waals surface area (Å²) in [6.07, 6.45) is 2.93. The van der Waals surface area contributed by atoms with Crippen LogP contribution < -0.4 is 10.6 Å². The highest BCUT2D eigenvalue weighted by Gasteiger charge is 2.30. The van der Waals surface area contributed by atoms with Crippen LogP contribution in [-0.4, -0.2) is 37.2 Å². The molecule has 24 heavy (non-hydrogen) atoms. The van der Waals surface area contributed by atoms with Gasteiger partial charge in [0.15, 0.2) is 0 Å². The molecule has 1 unspecified atom stereocenters. The molecule has 1 aromatic rings. The summed E-state index contributed by atoms with van der Waals surface area (Å²) in [5.74, 6) is -1.13. The highest BCUT2D eigenvalue weighted by atomic mass is 32.1. The van der Waals surface area contributed by atoms with Crippen LogP contribution in [0.3, 0.4) is 0 Å². The van der Waals surface area contributed by atoms with Gasteiger partial charge in [0.2, 0.25) is 0 Å². The smallest absolute Gasteiger partial charge is 0.338 e. The van der Waals surface area contributed by atoms with Gasteiger partial charge >= 0.3 is 18.0 Å². The summed E-state index contributed by atoms with van der Waals surface area (Å²) in [6, 6.07) is 2.74. The first-order valence-electron chi connectivity index (χ1n) is 7.37. The van der Waals surface area contributed by atoms with E-state index >= 15 is 0 Å². The van der Waals surface area contributed by atoms with Crippen molar-refractivity contribution in [2.45, 2.75) is 19.9 Å². The Morgan fingerprint density at radius 1 is 1.38 bits per heavy atom. The van der Waals surface area contributed by atoms with E-state index in [0.29, 0.717) is 0 Å². The number of ether oxygens (including phenoxy) is 2. The van der Waals surface area contributed by atoms with Gasteiger partial charge in [-0.2, -0.15) is 0 Å². The van der Waals surface area contributed by atoms with Crippen molar-refractivity contribution >= 4 is 35.4 Å². The predicted molar refractivity (Wildman–Crippen MR) is 89.1 cm³/mol. The number of amides is 2. The molecule has 2 amide bonds. The number of carbonyl (C=O) groups excluding carboxylic acids is 3. The lowest BCUT2D eigenvalue weighted by atomic mass is 10.0. The van der Waals surface area contributed by atoms with Crippen LogP contribution in [0, 0.1) is 0 Å². The number of hydrogen-bond acceptors (Lipinski definition) is 6. The minimum atomic E-state index is -0.570. The molecule has 1 aromatic heterocycles. The van der Waals surface area contributed by atoms with Gasteiger partial charge in [-0.05, 0) is 31.4 Å². The van der Waals surface area contributed by atoms with Crippen LogP contribution in [0.5, 0.6) is 0 Å². The van der Waals surface area contributed by atoms with Gasteiger partial charge in [-0.15, -0.1) is 11.3 Å². The maximum Gasteiger partial charge on any atom is 0.338 e. The molecule has 0 saturated heterocycles. The summed E-state index contributed by atoms with van der Waals surface area (Å²) in [6.45, 7) is 3.33. The van der Waals surface area contributed by atoms with Gasteiger partial charge in [-0.25, -0.2) is 14.4 Å². The number of esters is 2. The molecule has 1 aliphatic rings. The first-order chi connectivity index (χ1) is 11.5. The van der Waals surface area contributed by atoms with Crippen molar-refractivity contribution < 1.29 is 23.9 Å². The Bertz CT molecular complexity index is 679. The summed E-state index contributed by atoms with van der Waals surface area (Å²) in [5.41, 5.74) is 0.467. The van der Waals surface area contributed by atoms with E-state index in [1.807, 2.05) is 17.5 Å². The number of rotatable bonds is 6. The molecule has 2 rings (SSSR count). The van der Waals surface area contributed by atoms with Gasteiger partial charge in [0.1, 0.15) is 6.61 Å². The topological polar surface area (TPSA) is 93.7 Å². The number of hydrogen-bond donors (Lipinski definition) is 2. The van der Waals surface area contributed by atoms with E-state index in [4.69, 9.17) is 9.47 Å². The van der Waals surface area contributed by atoms with Crippen LogP contribution >= 0.6 is 11.3 Å². The molecule has 0 radical (unpaired) electrons. The highest BCUT2D eigenvalue weighted by Crippen LogP contribution is 2.15. The minimum Gasteiger partial charge on any atom is -0.463 e. The molecule has 1 atom stereocenters. The zero-order chi connectivity index (χ0) is 17.5. The summed E-state index contributed by atoms with van der Waals surface area (Å²) in [7, 11) is 0. The van der Waals surface area contributed by atoms with Crippen molar-refractivity contribution in [1.82, 2.24) is 10.6 Å². The molecule has 2 N–H and O–H groups in total. The van der Waals surface area contributed by atoms with Gasteiger partial charge in [-0.3, -0.25) is 0 Å². The second kappa shape index (κ2) is 8.30. The third-order valence-electron chi connectivity index (χ3n) is 3.15. The predicted octanol–water partition coefficient (Wildman–Crippen LogP) is 1.82. The Hall–Kier alpha value is -2.61. The van der Waals surface area contributed by atoms with Crippen LogP contribution in [0.15, 0.2) is 34.9 Å². The molecular weight excluding hydrogens is 332 g/mol. The SMILES string of the molecule is CCOC(=O)C1=C(COC(=O)C=Cc2cccs2)NC(=O)NC1C. The fraction of sp³-hybridized carbons (Fsp3) is 0.312. The Morgan fingerprint density at radius 3 is 2.83 bits per heavy atom. The van der Waals surface area contributed by atoms with Crippen LogP contribution in [0.2, 0.25) is 0 Å². The van der Waals surface area contributed by atoms with Gasteiger partial charge < -0.3 is 20.1 Å². The van der Waals surface area contributed by atoms with Gasteiger partial charge in [0.25, 0.3) is 0 Å². The molecule has 0 fully saturated rings. The quantitative estimate of drug-likeness (QED) is 0.603. The molecule has 1 aliphatic heterocycles. The first kappa shape index (κ1) is 17.7. The van der Waals surface area contributed by atoms with Crippen molar-refractivity contribution in [2.75, 3.05) is 13.2 Å². The third-order valence-corrected chi connectivity index (χ3v) is 3.99. The van der Waals surface area contributed by atoms with E-state index in [1.54, 1.807) is 19.9 Å². The van der Waals surface area contributed by atoms with Crippen LogP contribution in [-0.2, 0) is 19.1 Å². The zero-order valence-corrected chi connectivity index (χ0v) is 14.1. The number of thiophene rings is 1. The zero-order valence-electron chi connectivity index (χ0n) is 13.3. The average Bonchev–Trinajstić information content (AvgIpc) is 3.03. The molecular formula is C16H18N2O5S. The lowest BCUT2D eigenvalue weighted by Gasteiger charge is -2.26. The third kappa shape index (κ3) is 4.69. The highest BCUT2D eigenvalue weighted by molar-refractivity contribution is 7.10. The molecule has 0 aromatic carbocycles. The Labute approximate surface area is 143 Å². The Morgan fingerprint density at radius 2 is 2.17 bits per heavy atom. The van der Waals surface area contributed by atoms with E-state index < -0.39 is 24.0 Å². The van der Waals surface area contributed by atoms with Gasteiger partial charge in [-0.1, -0.05) is 6.07 Å². The summed E-state index contributed by atoms with van der Waals surface area (Å²) < 4.78 is 10.1. The van der Waals surface area contributed by atoms with Crippen LogP contribution in [0.4, 0.5) is 4.79 Å². The van der Waals surface area contributed by atoms with E-state index in [-0.39, 0.29) is 24.5 Å². The molecule has 0 aliphatic carbocycles. The lowest BCUT2D eigenvalue weighted by molar-refractivity contribution is -0.140. The van der Waals surface area contributed by atoms with Crippen molar-refractivity contribution in [1.29, 1.82) is 0 Å². The molecule has 0 bridgehead atoms. The van der Waals surface area contributed by atoms with Crippen molar-refractivity contribution in [3.05, 3.63) is 39.7 Å². The molecule has 0 spiro atoms. The van der Waals surface area contributed by atoms with Crippen LogP contribution in [0.1, 0.15) is 18.7 Å². The van der Waals surface area contributed by atoms with Crippen molar-refractivity contribution in [3.8, 4) is 0 Å². The molecule has 0 saturated carbocycles. The van der Waals surface area contributed by atoms with Crippen LogP contribution in [0.25, 0.3) is 6.08 Å². The maximum atomic E-state index is 12.0. The van der Waals surface area contributed by atoms with E-state index in [1.165, 1.54) is 17.4 Å². The molecule has 8 heteroatoms. The van der Waals surface area contributed by atoms with Crippen molar-refractivity contribution in [3.63, 3.8) is 0 Å². The Balaban J connectivity index is 2.05. The van der Waals surface area contributed by atoms with E-state index in [2.05, 4.69) is 10.6 Å². The number of nitrogens with one attached hydrogen (secondary N) is 2.